The molecule has 4 heteroatoms. The molecular weight excluding hydrogens is 228 g/mol. The van der Waals surface area contributed by atoms with Gasteiger partial charge < -0.3 is 10.6 Å². The molecule has 0 spiro atoms. The number of carbonyl (C=O) groups excluding carboxylic acids is 2. The first-order valence-electron chi connectivity index (χ1n) is 5.90. The summed E-state index contributed by atoms with van der Waals surface area (Å²) in [5.74, 6) is -0.229. The number of anilines is 1. The van der Waals surface area contributed by atoms with Gasteiger partial charge in [0.1, 0.15) is 0 Å². The molecule has 96 valence electrons. The third-order valence-corrected chi connectivity index (χ3v) is 2.30. The molecule has 1 aromatic rings. The predicted octanol–water partition coefficient (Wildman–Crippen LogP) is 2.34. The molecule has 1 rings (SSSR count). The Balaban J connectivity index is 2.51. The van der Waals surface area contributed by atoms with Crippen molar-refractivity contribution in [2.24, 2.45) is 0 Å². The van der Waals surface area contributed by atoms with Crippen LogP contribution in [0.3, 0.4) is 0 Å². The van der Waals surface area contributed by atoms with Crippen molar-refractivity contribution in [3.63, 3.8) is 0 Å². The normalized spacial score (nSPS) is 10.3. The highest BCUT2D eigenvalue weighted by atomic mass is 16.2. The van der Waals surface area contributed by atoms with Crippen LogP contribution >= 0.6 is 0 Å². The first kappa shape index (κ1) is 14.0. The van der Waals surface area contributed by atoms with Crippen molar-refractivity contribution < 1.29 is 9.59 Å². The summed E-state index contributed by atoms with van der Waals surface area (Å²) in [4.78, 5) is 22.6. The zero-order valence-electron chi connectivity index (χ0n) is 10.7. The molecule has 0 aliphatic rings. The quantitative estimate of drug-likeness (QED) is 0.619. The van der Waals surface area contributed by atoms with Gasteiger partial charge in [-0.1, -0.05) is 12.2 Å². The fraction of sp³-hybridized carbons (Fsp3) is 0.286. The smallest absolute Gasteiger partial charge is 0.251 e. The maximum atomic E-state index is 11.7. The van der Waals surface area contributed by atoms with Gasteiger partial charge in [-0.15, -0.1) is 0 Å². The van der Waals surface area contributed by atoms with Gasteiger partial charge in [0.2, 0.25) is 5.91 Å². The van der Waals surface area contributed by atoms with E-state index in [-0.39, 0.29) is 11.8 Å². The van der Waals surface area contributed by atoms with E-state index in [1.807, 2.05) is 19.1 Å². The number of hydrogen-bond acceptors (Lipinski definition) is 2. The Kier molecular flexibility index (Phi) is 5.64. The van der Waals surface area contributed by atoms with Crippen LogP contribution in [0.15, 0.2) is 36.4 Å². The van der Waals surface area contributed by atoms with E-state index < -0.39 is 0 Å². The van der Waals surface area contributed by atoms with Crippen LogP contribution < -0.4 is 10.6 Å². The summed E-state index contributed by atoms with van der Waals surface area (Å²) in [6, 6.07) is 6.80. The number of rotatable bonds is 5. The van der Waals surface area contributed by atoms with Crippen LogP contribution in [0.1, 0.15) is 30.6 Å². The van der Waals surface area contributed by atoms with Crippen molar-refractivity contribution in [1.29, 1.82) is 0 Å². The second kappa shape index (κ2) is 7.27. The predicted molar refractivity (Wildman–Crippen MR) is 72.5 cm³/mol. The van der Waals surface area contributed by atoms with Crippen LogP contribution in [0.4, 0.5) is 5.69 Å². The average molecular weight is 246 g/mol. The maximum absolute atomic E-state index is 11.7. The highest BCUT2D eigenvalue weighted by Crippen LogP contribution is 2.09. The molecule has 0 radical (unpaired) electrons. The summed E-state index contributed by atoms with van der Waals surface area (Å²) in [7, 11) is 0. The van der Waals surface area contributed by atoms with E-state index in [0.29, 0.717) is 17.8 Å². The minimum Gasteiger partial charge on any atom is -0.352 e. The molecule has 0 aromatic heterocycles. The lowest BCUT2D eigenvalue weighted by atomic mass is 10.2. The van der Waals surface area contributed by atoms with Crippen LogP contribution in [0, 0.1) is 0 Å². The minimum atomic E-state index is -0.126. The lowest BCUT2D eigenvalue weighted by molar-refractivity contribution is -0.114. The third kappa shape index (κ3) is 4.82. The average Bonchev–Trinajstić information content (AvgIpc) is 2.34. The molecule has 4 nitrogen and oxygen atoms in total. The molecule has 2 amide bonds. The lowest BCUT2D eigenvalue weighted by Crippen LogP contribution is -2.24. The number of nitrogens with one attached hydrogen (secondary N) is 2. The Morgan fingerprint density at radius 2 is 1.89 bits per heavy atom. The molecule has 0 fully saturated rings. The minimum absolute atomic E-state index is 0.103. The number of hydrogen-bond donors (Lipinski definition) is 2. The van der Waals surface area contributed by atoms with Crippen molar-refractivity contribution in [2.75, 3.05) is 11.9 Å². The topological polar surface area (TPSA) is 58.2 Å². The van der Waals surface area contributed by atoms with Gasteiger partial charge in [-0.3, -0.25) is 9.59 Å². The molecule has 0 saturated heterocycles. The molecule has 18 heavy (non-hydrogen) atoms. The Morgan fingerprint density at radius 1 is 1.22 bits per heavy atom. The first-order chi connectivity index (χ1) is 8.63. The monoisotopic (exact) mass is 246 g/mol. The largest absolute Gasteiger partial charge is 0.352 e. The van der Waals surface area contributed by atoms with Crippen LogP contribution in [0.25, 0.3) is 0 Å². The molecule has 2 N–H and O–H groups in total. The Bertz CT molecular complexity index is 436. The summed E-state index contributed by atoms with van der Waals surface area (Å²) in [5.41, 5.74) is 1.28. The Hall–Kier alpha value is -2.10. The van der Waals surface area contributed by atoms with Gasteiger partial charge in [-0.25, -0.2) is 0 Å². The van der Waals surface area contributed by atoms with Gasteiger partial charge in [0.05, 0.1) is 0 Å². The van der Waals surface area contributed by atoms with E-state index in [9.17, 15) is 9.59 Å². The molecule has 0 bridgehead atoms. The van der Waals surface area contributed by atoms with E-state index >= 15 is 0 Å². The molecule has 0 unspecified atom stereocenters. The fourth-order valence-electron chi connectivity index (χ4n) is 1.45. The highest BCUT2D eigenvalue weighted by Gasteiger charge is 2.04. The Morgan fingerprint density at radius 3 is 2.44 bits per heavy atom. The molecule has 0 saturated carbocycles. The highest BCUT2D eigenvalue weighted by molar-refractivity contribution is 5.95. The molecular formula is C14H18N2O2. The van der Waals surface area contributed by atoms with Gasteiger partial charge in [-0.2, -0.15) is 0 Å². The second-order valence-electron chi connectivity index (χ2n) is 3.87. The van der Waals surface area contributed by atoms with Gasteiger partial charge in [-0.05, 0) is 37.6 Å². The fourth-order valence-corrected chi connectivity index (χ4v) is 1.45. The number of carbonyl (C=O) groups is 2. The van der Waals surface area contributed by atoms with Crippen molar-refractivity contribution in [3.05, 3.63) is 42.0 Å². The van der Waals surface area contributed by atoms with Crippen molar-refractivity contribution >= 4 is 17.5 Å². The number of allylic oxidation sites excluding steroid dienone is 1. The van der Waals surface area contributed by atoms with E-state index in [2.05, 4.69) is 10.6 Å². The summed E-state index contributed by atoms with van der Waals surface area (Å²) >= 11 is 0. The first-order valence-corrected chi connectivity index (χ1v) is 5.90. The van der Waals surface area contributed by atoms with Crippen LogP contribution in [0.5, 0.6) is 0 Å². The van der Waals surface area contributed by atoms with E-state index in [0.717, 1.165) is 6.42 Å². The third-order valence-electron chi connectivity index (χ3n) is 2.30. The lowest BCUT2D eigenvalue weighted by Gasteiger charge is -2.05. The van der Waals surface area contributed by atoms with E-state index in [1.54, 1.807) is 24.3 Å². The van der Waals surface area contributed by atoms with Gasteiger partial charge in [0.25, 0.3) is 5.91 Å². The molecule has 0 aliphatic heterocycles. The maximum Gasteiger partial charge on any atom is 0.251 e. The van der Waals surface area contributed by atoms with Crippen molar-refractivity contribution in [1.82, 2.24) is 5.32 Å². The van der Waals surface area contributed by atoms with Crippen molar-refractivity contribution in [2.45, 2.75) is 20.3 Å². The standard InChI is InChI=1S/C14H18N2O2/c1-3-4-5-10-15-14(18)12-6-8-13(9-7-12)16-11(2)17/h3-4,6-9H,5,10H2,1-2H3,(H,15,18)(H,16,17)/b4-3+. The number of benzene rings is 1. The van der Waals surface area contributed by atoms with Gasteiger partial charge in [0, 0.05) is 24.7 Å². The number of amides is 2. The molecule has 0 aliphatic carbocycles. The molecule has 0 atom stereocenters. The summed E-state index contributed by atoms with van der Waals surface area (Å²) in [6.07, 6.45) is 4.78. The van der Waals surface area contributed by atoms with Gasteiger partial charge >= 0.3 is 0 Å². The zero-order chi connectivity index (χ0) is 13.4. The second-order valence-corrected chi connectivity index (χ2v) is 3.87. The zero-order valence-corrected chi connectivity index (χ0v) is 10.7. The summed E-state index contributed by atoms with van der Waals surface area (Å²) in [6.45, 7) is 4.01. The molecule has 0 heterocycles. The summed E-state index contributed by atoms with van der Waals surface area (Å²) < 4.78 is 0. The van der Waals surface area contributed by atoms with Crippen LogP contribution in [0.2, 0.25) is 0 Å². The van der Waals surface area contributed by atoms with E-state index in [1.165, 1.54) is 6.92 Å². The Labute approximate surface area is 107 Å². The SMILES string of the molecule is C/C=C/CCNC(=O)c1ccc(NC(C)=O)cc1. The van der Waals surface area contributed by atoms with Crippen LogP contribution in [-0.2, 0) is 4.79 Å². The van der Waals surface area contributed by atoms with E-state index in [4.69, 9.17) is 0 Å². The molecule has 1 aromatic carbocycles. The summed E-state index contributed by atoms with van der Waals surface area (Å²) in [5, 5.41) is 5.47. The van der Waals surface area contributed by atoms with Crippen molar-refractivity contribution in [3.8, 4) is 0 Å². The van der Waals surface area contributed by atoms with Gasteiger partial charge in [0.15, 0.2) is 0 Å². The van der Waals surface area contributed by atoms with Crippen LogP contribution in [-0.4, -0.2) is 18.4 Å².